The predicted octanol–water partition coefficient (Wildman–Crippen LogP) is 3.28. The number of hydrogen-bond donors (Lipinski definition) is 4. The molecule has 3 aliphatic rings. The Kier molecular flexibility index (Phi) is 10.7. The van der Waals surface area contributed by atoms with Crippen molar-refractivity contribution in [1.82, 2.24) is 25.2 Å². The SMILES string of the molecule is CCCCCCCC1C[C@]1(NC(=O)[C@@H]1CCCN1C(=O)CNC(=O)NC(CN1Cc2sccc2S1(=O)=O)C(C)(C)C)C(=O)O. The molecule has 1 aromatic rings. The van der Waals surface area contributed by atoms with Gasteiger partial charge in [0.25, 0.3) is 0 Å². The van der Waals surface area contributed by atoms with Crippen molar-refractivity contribution in [3.8, 4) is 0 Å². The second kappa shape index (κ2) is 13.7. The lowest BCUT2D eigenvalue weighted by molar-refractivity contribution is -0.145. The number of sulfonamides is 1. The van der Waals surface area contributed by atoms with Gasteiger partial charge in [0.1, 0.15) is 11.6 Å². The third-order valence-electron chi connectivity index (χ3n) is 9.14. The molecule has 0 spiro atoms. The minimum Gasteiger partial charge on any atom is -0.479 e. The van der Waals surface area contributed by atoms with Crippen LogP contribution in [0.3, 0.4) is 0 Å². The standard InChI is InChI=1S/C30H47N5O7S2/c1-5-6-7-8-9-11-20-16-30(20,27(38)39)33-26(37)21-12-10-14-35(21)25(36)17-31-28(40)32-24(29(2,3)4)19-34-18-22-23(13-15-43-22)44(34,41)42/h13,15,20-21,24H,5-12,14,16-19H2,1-4H3,(H,33,37)(H,38,39)(H2,31,32,40)/t20?,21-,24?,30+/m0/s1. The molecule has 2 fully saturated rings. The van der Waals surface area contributed by atoms with E-state index >= 15 is 0 Å². The second-order valence-electron chi connectivity index (χ2n) is 13.4. The third kappa shape index (κ3) is 7.56. The Morgan fingerprint density at radius 2 is 1.89 bits per heavy atom. The molecule has 12 nitrogen and oxygen atoms in total. The molecule has 0 radical (unpaired) electrons. The summed E-state index contributed by atoms with van der Waals surface area (Å²) in [6.07, 6.45) is 7.54. The number of hydrogen-bond acceptors (Lipinski definition) is 7. The molecule has 44 heavy (non-hydrogen) atoms. The summed E-state index contributed by atoms with van der Waals surface area (Å²) in [6, 6.07) is -0.357. The van der Waals surface area contributed by atoms with Crippen molar-refractivity contribution in [2.24, 2.45) is 11.3 Å². The largest absolute Gasteiger partial charge is 0.479 e. The number of carbonyl (C=O) groups is 4. The van der Waals surface area contributed by atoms with Gasteiger partial charge in [0.05, 0.1) is 11.4 Å². The topological polar surface area (TPSA) is 165 Å². The monoisotopic (exact) mass is 653 g/mol. The van der Waals surface area contributed by atoms with Crippen molar-refractivity contribution in [1.29, 1.82) is 0 Å². The second-order valence-corrected chi connectivity index (χ2v) is 16.3. The number of nitrogens with zero attached hydrogens (tertiary/aromatic N) is 2. The van der Waals surface area contributed by atoms with Gasteiger partial charge in [0, 0.05) is 30.6 Å². The average Bonchev–Trinajstić information content (AvgIpc) is 3.29. The fourth-order valence-electron chi connectivity index (χ4n) is 6.21. The number of urea groups is 1. The third-order valence-corrected chi connectivity index (χ3v) is 12.1. The predicted molar refractivity (Wildman–Crippen MR) is 166 cm³/mol. The number of carbonyl (C=O) groups excluding carboxylic acids is 3. The van der Waals surface area contributed by atoms with Crippen molar-refractivity contribution in [3.63, 3.8) is 0 Å². The van der Waals surface area contributed by atoms with Crippen LogP contribution in [0.4, 0.5) is 4.79 Å². The minimum atomic E-state index is -3.63. The van der Waals surface area contributed by atoms with E-state index in [1.807, 2.05) is 20.8 Å². The van der Waals surface area contributed by atoms with Gasteiger partial charge in [0.2, 0.25) is 21.8 Å². The van der Waals surface area contributed by atoms with Crippen molar-refractivity contribution in [3.05, 3.63) is 16.3 Å². The molecule has 0 aromatic carbocycles. The summed E-state index contributed by atoms with van der Waals surface area (Å²) in [5, 5.41) is 19.8. The van der Waals surface area contributed by atoms with Crippen molar-refractivity contribution < 1.29 is 32.7 Å². The smallest absolute Gasteiger partial charge is 0.329 e. The van der Waals surface area contributed by atoms with Crippen LogP contribution in [-0.2, 0) is 31.0 Å². The zero-order valence-electron chi connectivity index (χ0n) is 26.2. The number of likely N-dealkylation sites (tertiary alicyclic amines) is 1. The van der Waals surface area contributed by atoms with Gasteiger partial charge in [-0.3, -0.25) is 9.59 Å². The fourth-order valence-corrected chi connectivity index (χ4v) is 9.14. The highest BCUT2D eigenvalue weighted by Gasteiger charge is 2.61. The number of carboxylic acids is 1. The van der Waals surface area contributed by atoms with Gasteiger partial charge in [-0.15, -0.1) is 11.3 Å². The Morgan fingerprint density at radius 1 is 1.16 bits per heavy atom. The minimum absolute atomic E-state index is 0.0774. The van der Waals surface area contributed by atoms with Gasteiger partial charge in [-0.25, -0.2) is 18.0 Å². The Bertz CT molecular complexity index is 1340. The van der Waals surface area contributed by atoms with Gasteiger partial charge in [0.15, 0.2) is 0 Å². The highest BCUT2D eigenvalue weighted by atomic mass is 32.2. The Labute approximate surface area is 264 Å². The number of amides is 4. The highest BCUT2D eigenvalue weighted by molar-refractivity contribution is 7.89. The van der Waals surface area contributed by atoms with Crippen LogP contribution in [0.15, 0.2) is 16.3 Å². The van der Waals surface area contributed by atoms with E-state index in [4.69, 9.17) is 0 Å². The molecule has 2 unspecified atom stereocenters. The Balaban J connectivity index is 1.28. The van der Waals surface area contributed by atoms with Crippen LogP contribution in [0.5, 0.6) is 0 Å². The molecule has 2 aliphatic heterocycles. The van der Waals surface area contributed by atoms with Gasteiger partial charge in [-0.1, -0.05) is 59.8 Å². The summed E-state index contributed by atoms with van der Waals surface area (Å²) >= 11 is 1.38. The van der Waals surface area contributed by atoms with Gasteiger partial charge < -0.3 is 26.0 Å². The zero-order valence-corrected chi connectivity index (χ0v) is 27.8. The molecular formula is C30H47N5O7S2. The van der Waals surface area contributed by atoms with Gasteiger partial charge in [-0.05, 0) is 48.5 Å². The lowest BCUT2D eigenvalue weighted by atomic mass is 9.86. The molecule has 14 heteroatoms. The fraction of sp³-hybridized carbons (Fsp3) is 0.733. The summed E-state index contributed by atoms with van der Waals surface area (Å²) in [5.74, 6) is -2.06. The van der Waals surface area contributed by atoms with Crippen LogP contribution in [0.1, 0.15) is 90.4 Å². The molecule has 0 bridgehead atoms. The molecule has 1 saturated carbocycles. The molecule has 1 saturated heterocycles. The summed E-state index contributed by atoms with van der Waals surface area (Å²) in [6.45, 7) is 8.15. The van der Waals surface area contributed by atoms with Gasteiger partial charge in [-0.2, -0.15) is 4.31 Å². The number of aliphatic carboxylic acids is 1. The van der Waals surface area contributed by atoms with Crippen LogP contribution < -0.4 is 16.0 Å². The number of carboxylic acid groups (broad SMARTS) is 1. The maximum atomic E-state index is 13.2. The van der Waals surface area contributed by atoms with E-state index < -0.39 is 56.9 Å². The summed E-state index contributed by atoms with van der Waals surface area (Å²) in [5.41, 5.74) is -1.76. The molecule has 1 aromatic heterocycles. The lowest BCUT2D eigenvalue weighted by Gasteiger charge is -2.34. The van der Waals surface area contributed by atoms with Crippen LogP contribution in [0, 0.1) is 11.3 Å². The number of nitrogens with one attached hydrogen (secondary N) is 3. The first kappa shape index (κ1) is 34.2. The van der Waals surface area contributed by atoms with E-state index in [-0.39, 0.29) is 25.6 Å². The maximum absolute atomic E-state index is 13.2. The average molecular weight is 654 g/mol. The van der Waals surface area contributed by atoms with Crippen LogP contribution in [0.2, 0.25) is 0 Å². The van der Waals surface area contributed by atoms with Crippen molar-refractivity contribution in [2.75, 3.05) is 19.6 Å². The first-order valence-electron chi connectivity index (χ1n) is 15.7. The van der Waals surface area contributed by atoms with E-state index in [0.29, 0.717) is 30.7 Å². The quantitative estimate of drug-likeness (QED) is 0.224. The summed E-state index contributed by atoms with van der Waals surface area (Å²) in [4.78, 5) is 53.9. The molecule has 4 N–H and O–H groups in total. The molecule has 4 atom stereocenters. The van der Waals surface area contributed by atoms with E-state index in [1.165, 1.54) is 20.5 Å². The summed E-state index contributed by atoms with van der Waals surface area (Å²) < 4.78 is 27.3. The van der Waals surface area contributed by atoms with E-state index in [0.717, 1.165) is 43.4 Å². The highest BCUT2D eigenvalue weighted by Crippen LogP contribution is 2.47. The summed E-state index contributed by atoms with van der Waals surface area (Å²) in [7, 11) is -3.63. The number of rotatable bonds is 14. The normalized spacial score (nSPS) is 24.9. The number of unbranched alkanes of at least 4 members (excludes halogenated alkanes) is 4. The van der Waals surface area contributed by atoms with E-state index in [2.05, 4.69) is 22.9 Å². The first-order valence-corrected chi connectivity index (χ1v) is 18.0. The molecule has 3 heterocycles. The number of thiophene rings is 1. The zero-order chi connectivity index (χ0) is 32.3. The van der Waals surface area contributed by atoms with Crippen molar-refractivity contribution >= 4 is 45.2 Å². The number of fused-ring (bicyclic) bond motifs is 1. The van der Waals surface area contributed by atoms with Gasteiger partial charge >= 0.3 is 12.0 Å². The van der Waals surface area contributed by atoms with Crippen LogP contribution >= 0.6 is 11.3 Å². The molecule has 246 valence electrons. The lowest BCUT2D eigenvalue weighted by Crippen LogP contribution is -2.56. The van der Waals surface area contributed by atoms with E-state index in [9.17, 15) is 32.7 Å². The van der Waals surface area contributed by atoms with Crippen LogP contribution in [0.25, 0.3) is 0 Å². The molecule has 4 rings (SSSR count). The first-order chi connectivity index (χ1) is 20.7. The van der Waals surface area contributed by atoms with E-state index in [1.54, 1.807) is 11.4 Å². The molecular weight excluding hydrogens is 606 g/mol. The van der Waals surface area contributed by atoms with Crippen LogP contribution in [-0.4, -0.2) is 83.8 Å². The maximum Gasteiger partial charge on any atom is 0.329 e. The molecule has 1 aliphatic carbocycles. The Hall–Kier alpha value is -2.71. The van der Waals surface area contributed by atoms with Crippen molar-refractivity contribution in [2.45, 2.75) is 115 Å². The molecule has 4 amide bonds. The Morgan fingerprint density at radius 3 is 2.55 bits per heavy atom.